The summed E-state index contributed by atoms with van der Waals surface area (Å²) in [5.41, 5.74) is 2.85. The number of carbonyl (C=O) groups excluding carboxylic acids is 1. The van der Waals surface area contributed by atoms with Gasteiger partial charge in [-0.1, -0.05) is 12.1 Å². The molecule has 0 saturated carbocycles. The number of thiazole rings is 1. The zero-order chi connectivity index (χ0) is 21.4. The molecular formula is C21H15FN6O2S. The number of anilines is 1. The molecule has 0 aliphatic heterocycles. The Morgan fingerprint density at radius 2 is 1.94 bits per heavy atom. The molecule has 0 radical (unpaired) electrons. The Bertz CT molecular complexity index is 1470. The molecule has 154 valence electrons. The summed E-state index contributed by atoms with van der Waals surface area (Å²) in [5, 5.41) is 8.86. The standard InChI is InChI=1S/C21H15FN6O2S/c22-13-7-5-12(6-8-13)17-11-31-21-26-20(27-28(17)21)25-18(29)10-9-16-19(30)24-15-4-2-1-3-14(15)23-16/h1-8,11H,9-10H2,(H,24,30)(H,25,27,29). The molecule has 3 aromatic heterocycles. The number of rotatable bonds is 5. The summed E-state index contributed by atoms with van der Waals surface area (Å²) < 4.78 is 14.8. The van der Waals surface area contributed by atoms with Gasteiger partial charge in [0.2, 0.25) is 16.8 Å². The van der Waals surface area contributed by atoms with Crippen molar-refractivity contribution >= 4 is 39.2 Å². The third kappa shape index (κ3) is 3.80. The van der Waals surface area contributed by atoms with Gasteiger partial charge in [0.25, 0.3) is 5.56 Å². The number of benzene rings is 2. The van der Waals surface area contributed by atoms with Gasteiger partial charge in [-0.25, -0.2) is 13.9 Å². The SMILES string of the molecule is O=C(CCc1nc2ccccc2[nH]c1=O)Nc1nc2scc(-c3ccc(F)cc3)n2n1. The second-order valence-electron chi connectivity index (χ2n) is 6.84. The number of para-hydroxylation sites is 2. The normalized spacial score (nSPS) is 11.3. The van der Waals surface area contributed by atoms with E-state index in [4.69, 9.17) is 0 Å². The van der Waals surface area contributed by atoms with Gasteiger partial charge in [-0.15, -0.1) is 16.4 Å². The molecule has 3 heterocycles. The molecule has 0 spiro atoms. The van der Waals surface area contributed by atoms with Gasteiger partial charge in [0.05, 0.1) is 16.7 Å². The summed E-state index contributed by atoms with van der Waals surface area (Å²) >= 11 is 1.36. The first-order valence-corrected chi connectivity index (χ1v) is 10.3. The van der Waals surface area contributed by atoms with Gasteiger partial charge in [0, 0.05) is 23.8 Å². The van der Waals surface area contributed by atoms with Gasteiger partial charge in [0.15, 0.2) is 0 Å². The molecule has 0 atom stereocenters. The molecule has 2 aromatic carbocycles. The van der Waals surface area contributed by atoms with Crippen molar-refractivity contribution in [2.75, 3.05) is 5.32 Å². The van der Waals surface area contributed by atoms with Crippen LogP contribution in [-0.2, 0) is 11.2 Å². The van der Waals surface area contributed by atoms with Crippen molar-refractivity contribution in [2.24, 2.45) is 0 Å². The van der Waals surface area contributed by atoms with Crippen LogP contribution >= 0.6 is 11.3 Å². The molecular weight excluding hydrogens is 419 g/mol. The van der Waals surface area contributed by atoms with E-state index in [9.17, 15) is 14.0 Å². The number of amides is 1. The van der Waals surface area contributed by atoms with Crippen molar-refractivity contribution in [3.05, 3.63) is 75.8 Å². The summed E-state index contributed by atoms with van der Waals surface area (Å²) in [6.45, 7) is 0. The van der Waals surface area contributed by atoms with Crippen LogP contribution < -0.4 is 10.9 Å². The number of nitrogens with one attached hydrogen (secondary N) is 2. The van der Waals surface area contributed by atoms with Gasteiger partial charge in [-0.3, -0.25) is 14.9 Å². The molecule has 0 aliphatic carbocycles. The minimum absolute atomic E-state index is 0.0616. The Labute approximate surface area is 178 Å². The summed E-state index contributed by atoms with van der Waals surface area (Å²) in [7, 11) is 0. The van der Waals surface area contributed by atoms with Crippen molar-refractivity contribution in [2.45, 2.75) is 12.8 Å². The molecule has 0 unspecified atom stereocenters. The van der Waals surface area contributed by atoms with Crippen molar-refractivity contribution in [3.8, 4) is 11.3 Å². The van der Waals surface area contributed by atoms with Gasteiger partial charge in [0.1, 0.15) is 11.5 Å². The van der Waals surface area contributed by atoms with Crippen LogP contribution in [0.5, 0.6) is 0 Å². The van der Waals surface area contributed by atoms with Crippen LogP contribution in [0.15, 0.2) is 58.7 Å². The highest BCUT2D eigenvalue weighted by atomic mass is 32.1. The lowest BCUT2D eigenvalue weighted by molar-refractivity contribution is -0.116. The molecule has 8 nitrogen and oxygen atoms in total. The number of H-pyrrole nitrogens is 1. The minimum Gasteiger partial charge on any atom is -0.319 e. The quantitative estimate of drug-likeness (QED) is 0.441. The maximum Gasteiger partial charge on any atom is 0.270 e. The fourth-order valence-corrected chi connectivity index (χ4v) is 4.04. The molecule has 1 amide bonds. The molecule has 2 N–H and O–H groups in total. The molecule has 5 aromatic rings. The number of nitrogens with zero attached hydrogens (tertiary/aromatic N) is 4. The fourth-order valence-electron chi connectivity index (χ4n) is 3.21. The van der Waals surface area contributed by atoms with Gasteiger partial charge < -0.3 is 4.98 Å². The van der Waals surface area contributed by atoms with Crippen LogP contribution in [0.4, 0.5) is 10.3 Å². The zero-order valence-corrected chi connectivity index (χ0v) is 16.8. The average molecular weight is 434 g/mol. The lowest BCUT2D eigenvalue weighted by Crippen LogP contribution is -2.19. The first-order valence-electron chi connectivity index (χ1n) is 9.45. The predicted molar refractivity (Wildman–Crippen MR) is 116 cm³/mol. The van der Waals surface area contributed by atoms with Crippen LogP contribution in [-0.4, -0.2) is 30.5 Å². The minimum atomic E-state index is -0.323. The molecule has 0 aliphatic rings. The molecule has 0 fully saturated rings. The van der Waals surface area contributed by atoms with E-state index >= 15 is 0 Å². The molecule has 31 heavy (non-hydrogen) atoms. The number of hydrogen-bond donors (Lipinski definition) is 2. The third-order valence-corrected chi connectivity index (χ3v) is 5.55. The van der Waals surface area contributed by atoms with Crippen LogP contribution in [0.25, 0.3) is 27.3 Å². The van der Waals surface area contributed by atoms with Crippen molar-refractivity contribution in [1.82, 2.24) is 24.6 Å². The average Bonchev–Trinajstić information content (AvgIpc) is 3.33. The second-order valence-corrected chi connectivity index (χ2v) is 7.67. The van der Waals surface area contributed by atoms with E-state index in [1.165, 1.54) is 23.5 Å². The van der Waals surface area contributed by atoms with Crippen molar-refractivity contribution in [3.63, 3.8) is 0 Å². The Hall–Kier alpha value is -3.92. The predicted octanol–water partition coefficient (Wildman–Crippen LogP) is 3.40. The third-order valence-electron chi connectivity index (χ3n) is 4.73. The maximum atomic E-state index is 13.2. The van der Waals surface area contributed by atoms with E-state index in [1.54, 1.807) is 28.8 Å². The summed E-state index contributed by atoms with van der Waals surface area (Å²) in [5.74, 6) is -0.474. The first-order chi connectivity index (χ1) is 15.1. The highest BCUT2D eigenvalue weighted by Crippen LogP contribution is 2.26. The van der Waals surface area contributed by atoms with E-state index in [-0.39, 0.29) is 36.1 Å². The first kappa shape index (κ1) is 19.1. The largest absolute Gasteiger partial charge is 0.319 e. The fraction of sp³-hybridized carbons (Fsp3) is 0.0952. The second kappa shape index (κ2) is 7.73. The summed E-state index contributed by atoms with van der Waals surface area (Å²) in [4.78, 5) is 36.6. The van der Waals surface area contributed by atoms with E-state index in [1.807, 2.05) is 17.5 Å². The van der Waals surface area contributed by atoms with Crippen LogP contribution in [0.3, 0.4) is 0 Å². The Morgan fingerprint density at radius 3 is 2.77 bits per heavy atom. The van der Waals surface area contributed by atoms with E-state index in [0.29, 0.717) is 21.7 Å². The topological polar surface area (TPSA) is 105 Å². The van der Waals surface area contributed by atoms with Gasteiger partial charge in [-0.2, -0.15) is 4.98 Å². The van der Waals surface area contributed by atoms with Gasteiger partial charge >= 0.3 is 0 Å². The molecule has 10 heteroatoms. The lowest BCUT2D eigenvalue weighted by atomic mass is 10.2. The van der Waals surface area contributed by atoms with Crippen LogP contribution in [0.1, 0.15) is 12.1 Å². The smallest absolute Gasteiger partial charge is 0.270 e. The number of halogens is 1. The van der Waals surface area contributed by atoms with Crippen molar-refractivity contribution in [1.29, 1.82) is 0 Å². The monoisotopic (exact) mass is 434 g/mol. The van der Waals surface area contributed by atoms with Gasteiger partial charge in [-0.05, 0) is 36.4 Å². The molecule has 5 rings (SSSR count). The highest BCUT2D eigenvalue weighted by molar-refractivity contribution is 7.15. The van der Waals surface area contributed by atoms with E-state index in [0.717, 1.165) is 11.3 Å². The van der Waals surface area contributed by atoms with Crippen molar-refractivity contribution < 1.29 is 9.18 Å². The number of hydrogen-bond acceptors (Lipinski definition) is 6. The Kier molecular flexibility index (Phi) is 4.75. The number of aryl methyl sites for hydroxylation is 1. The number of aromatic amines is 1. The summed E-state index contributed by atoms with van der Waals surface area (Å²) in [6, 6.07) is 13.3. The summed E-state index contributed by atoms with van der Waals surface area (Å²) in [6.07, 6.45) is 0.251. The zero-order valence-electron chi connectivity index (χ0n) is 16.0. The highest BCUT2D eigenvalue weighted by Gasteiger charge is 2.14. The number of fused-ring (bicyclic) bond motifs is 2. The number of aromatic nitrogens is 5. The Balaban J connectivity index is 1.30. The van der Waals surface area contributed by atoms with E-state index in [2.05, 4.69) is 25.4 Å². The van der Waals surface area contributed by atoms with E-state index < -0.39 is 0 Å². The van der Waals surface area contributed by atoms with Crippen LogP contribution in [0, 0.1) is 5.82 Å². The lowest BCUT2D eigenvalue weighted by Gasteiger charge is -2.03. The number of carbonyl (C=O) groups is 1. The molecule has 0 bridgehead atoms. The maximum absolute atomic E-state index is 13.2. The molecule has 0 saturated heterocycles. The van der Waals surface area contributed by atoms with Crippen LogP contribution in [0.2, 0.25) is 0 Å². The Morgan fingerprint density at radius 1 is 1.13 bits per heavy atom.